The number of fused-ring (bicyclic) bond motifs is 9. The minimum absolute atomic E-state index is 0.744. The third-order valence-electron chi connectivity index (χ3n) is 7.32. The van der Waals surface area contributed by atoms with Gasteiger partial charge in [0.15, 0.2) is 0 Å². The standard InChI is InChI=1S/C30H26BO2S/c1-29(2,32)30(3,4)33-31-23-17-20-14-13-18-9-5-7-11-21(18)25(20)28-27(23)26-22-12-8-6-10-19(22)15-16-24(26)34-28/h5-17,32H,1-4H3. The maximum Gasteiger partial charge on any atom is 0.331 e. The molecule has 34 heavy (non-hydrogen) atoms. The molecular weight excluding hydrogens is 435 g/mol. The molecule has 4 heteroatoms. The van der Waals surface area contributed by atoms with Gasteiger partial charge in [-0.05, 0) is 71.5 Å². The fourth-order valence-electron chi connectivity index (χ4n) is 4.67. The van der Waals surface area contributed by atoms with Crippen LogP contribution >= 0.6 is 11.3 Å². The highest BCUT2D eigenvalue weighted by Gasteiger charge is 2.36. The van der Waals surface area contributed by atoms with Crippen molar-refractivity contribution in [1.29, 1.82) is 0 Å². The van der Waals surface area contributed by atoms with Crippen molar-refractivity contribution >= 4 is 76.8 Å². The minimum atomic E-state index is -0.987. The van der Waals surface area contributed by atoms with E-state index in [9.17, 15) is 5.11 Å². The normalized spacial score (nSPS) is 13.0. The lowest BCUT2D eigenvalue weighted by Gasteiger charge is -2.37. The summed E-state index contributed by atoms with van der Waals surface area (Å²) in [6.45, 7) is 7.43. The highest BCUT2D eigenvalue weighted by molar-refractivity contribution is 7.27. The summed E-state index contributed by atoms with van der Waals surface area (Å²) < 4.78 is 8.83. The maximum absolute atomic E-state index is 10.7. The first-order valence-electron chi connectivity index (χ1n) is 11.7. The molecule has 0 bridgehead atoms. The molecule has 0 unspecified atom stereocenters. The molecule has 0 saturated carbocycles. The Hall–Kier alpha value is -2.92. The Bertz CT molecular complexity index is 1720. The zero-order valence-corrected chi connectivity index (χ0v) is 20.7. The fraction of sp³-hybridized carbons (Fsp3) is 0.200. The quantitative estimate of drug-likeness (QED) is 0.220. The molecule has 167 valence electrons. The van der Waals surface area contributed by atoms with Gasteiger partial charge in [0.2, 0.25) is 0 Å². The van der Waals surface area contributed by atoms with Crippen LogP contribution < -0.4 is 5.46 Å². The first-order chi connectivity index (χ1) is 16.2. The predicted molar refractivity (Wildman–Crippen MR) is 149 cm³/mol. The van der Waals surface area contributed by atoms with E-state index in [0.29, 0.717) is 0 Å². The Kier molecular flexibility index (Phi) is 4.79. The Labute approximate surface area is 204 Å². The number of hydrogen-bond acceptors (Lipinski definition) is 3. The van der Waals surface area contributed by atoms with Crippen molar-refractivity contribution in [3.8, 4) is 0 Å². The van der Waals surface area contributed by atoms with Crippen LogP contribution in [0.1, 0.15) is 27.7 Å². The van der Waals surface area contributed by atoms with Crippen molar-refractivity contribution in [1.82, 2.24) is 0 Å². The Balaban J connectivity index is 1.73. The fourth-order valence-corrected chi connectivity index (χ4v) is 5.99. The average Bonchev–Trinajstić information content (AvgIpc) is 3.22. The smallest absolute Gasteiger partial charge is 0.331 e. The zero-order valence-electron chi connectivity index (χ0n) is 19.8. The monoisotopic (exact) mass is 461 g/mol. The molecule has 6 rings (SSSR count). The van der Waals surface area contributed by atoms with Crippen molar-refractivity contribution < 1.29 is 9.76 Å². The topological polar surface area (TPSA) is 29.5 Å². The minimum Gasteiger partial charge on any atom is -0.427 e. The number of aliphatic hydroxyl groups is 1. The van der Waals surface area contributed by atoms with Crippen molar-refractivity contribution in [2.24, 2.45) is 0 Å². The molecule has 6 aromatic rings. The Morgan fingerprint density at radius 2 is 1.29 bits per heavy atom. The van der Waals surface area contributed by atoms with Crippen molar-refractivity contribution in [3.05, 3.63) is 78.9 Å². The maximum atomic E-state index is 10.7. The van der Waals surface area contributed by atoms with Gasteiger partial charge in [-0.25, -0.2) is 0 Å². The lowest BCUT2D eigenvalue weighted by atomic mass is 9.79. The number of hydrogen-bond donors (Lipinski definition) is 1. The van der Waals surface area contributed by atoms with Crippen molar-refractivity contribution in [2.45, 2.75) is 38.9 Å². The van der Waals surface area contributed by atoms with Gasteiger partial charge in [0, 0.05) is 20.2 Å². The summed E-state index contributed by atoms with van der Waals surface area (Å²) in [5.41, 5.74) is -0.692. The van der Waals surface area contributed by atoms with Crippen LogP contribution in [0.5, 0.6) is 0 Å². The first-order valence-corrected chi connectivity index (χ1v) is 12.5. The van der Waals surface area contributed by atoms with Crippen LogP contribution in [0.2, 0.25) is 0 Å². The highest BCUT2D eigenvalue weighted by Crippen LogP contribution is 2.43. The third-order valence-corrected chi connectivity index (χ3v) is 8.49. The summed E-state index contributed by atoms with van der Waals surface area (Å²) in [6.07, 6.45) is 0. The Morgan fingerprint density at radius 3 is 1.97 bits per heavy atom. The van der Waals surface area contributed by atoms with Gasteiger partial charge in [-0.2, -0.15) is 0 Å². The summed E-state index contributed by atoms with van der Waals surface area (Å²) in [5.74, 6) is 0. The third kappa shape index (κ3) is 3.24. The van der Waals surface area contributed by atoms with Gasteiger partial charge < -0.3 is 9.76 Å². The molecular formula is C30H26BO2S. The second kappa shape index (κ2) is 7.54. The molecule has 1 radical (unpaired) electrons. The second-order valence-corrected chi connectivity index (χ2v) is 11.2. The Morgan fingerprint density at radius 1 is 0.706 bits per heavy atom. The zero-order chi connectivity index (χ0) is 23.7. The van der Waals surface area contributed by atoms with E-state index < -0.39 is 11.2 Å². The van der Waals surface area contributed by atoms with Gasteiger partial charge in [0.05, 0.1) is 11.2 Å². The van der Waals surface area contributed by atoms with Gasteiger partial charge in [0.1, 0.15) is 0 Å². The van der Waals surface area contributed by atoms with Crippen LogP contribution in [0.15, 0.2) is 78.9 Å². The largest absolute Gasteiger partial charge is 0.427 e. The van der Waals surface area contributed by atoms with Gasteiger partial charge in [-0.15, -0.1) is 11.3 Å². The molecule has 2 nitrogen and oxygen atoms in total. The van der Waals surface area contributed by atoms with Crippen LogP contribution in [-0.4, -0.2) is 23.8 Å². The molecule has 0 amide bonds. The highest BCUT2D eigenvalue weighted by atomic mass is 32.1. The summed E-state index contributed by atoms with van der Waals surface area (Å²) in [4.78, 5) is 0. The van der Waals surface area contributed by atoms with E-state index in [1.165, 1.54) is 52.5 Å². The molecule has 1 aromatic heterocycles. The lowest BCUT2D eigenvalue weighted by Crippen LogP contribution is -2.49. The molecule has 0 aliphatic carbocycles. The lowest BCUT2D eigenvalue weighted by molar-refractivity contribution is -0.0893. The summed E-state index contributed by atoms with van der Waals surface area (Å²) in [7, 11) is 1.85. The average molecular weight is 461 g/mol. The second-order valence-electron chi connectivity index (χ2n) is 10.1. The molecule has 5 aromatic carbocycles. The molecule has 1 heterocycles. The summed E-state index contributed by atoms with van der Waals surface area (Å²) >= 11 is 1.85. The van der Waals surface area contributed by atoms with Crippen LogP contribution in [0.25, 0.3) is 52.5 Å². The van der Waals surface area contributed by atoms with E-state index in [-0.39, 0.29) is 0 Å². The van der Waals surface area contributed by atoms with Crippen LogP contribution in [0.4, 0.5) is 0 Å². The molecule has 0 spiro atoms. The predicted octanol–water partition coefficient (Wildman–Crippen LogP) is 7.32. The van der Waals surface area contributed by atoms with E-state index in [0.717, 1.165) is 5.46 Å². The SMILES string of the molecule is CC(C)(O)C(C)(C)O[B]c1cc2ccc3ccccc3c2c2sc3ccc4ccccc4c3c12. The van der Waals surface area contributed by atoms with E-state index in [1.807, 2.05) is 32.7 Å². The van der Waals surface area contributed by atoms with Gasteiger partial charge in [-0.3, -0.25) is 0 Å². The molecule has 0 fully saturated rings. The molecule has 0 atom stereocenters. The van der Waals surface area contributed by atoms with Crippen molar-refractivity contribution in [3.63, 3.8) is 0 Å². The van der Waals surface area contributed by atoms with Gasteiger partial charge in [0.25, 0.3) is 0 Å². The van der Waals surface area contributed by atoms with E-state index in [2.05, 4.69) is 78.9 Å². The van der Waals surface area contributed by atoms with E-state index in [4.69, 9.17) is 4.65 Å². The molecule has 0 aliphatic rings. The molecule has 1 N–H and O–H groups in total. The van der Waals surface area contributed by atoms with Crippen LogP contribution in [0.3, 0.4) is 0 Å². The van der Waals surface area contributed by atoms with Crippen LogP contribution in [-0.2, 0) is 4.65 Å². The van der Waals surface area contributed by atoms with E-state index in [1.54, 1.807) is 13.8 Å². The van der Waals surface area contributed by atoms with Crippen LogP contribution in [0, 0.1) is 0 Å². The molecule has 0 aliphatic heterocycles. The first kappa shape index (κ1) is 21.6. The van der Waals surface area contributed by atoms with E-state index >= 15 is 0 Å². The number of benzene rings is 5. The van der Waals surface area contributed by atoms with Crippen molar-refractivity contribution in [2.75, 3.05) is 0 Å². The van der Waals surface area contributed by atoms with Gasteiger partial charge in [-0.1, -0.05) is 72.8 Å². The molecule has 0 saturated heterocycles. The number of rotatable bonds is 4. The summed E-state index contributed by atoms with van der Waals surface area (Å²) in [5, 5.41) is 20.6. The number of thiophene rings is 1. The summed E-state index contributed by atoms with van der Waals surface area (Å²) in [6, 6.07) is 28.3. The van der Waals surface area contributed by atoms with Gasteiger partial charge >= 0.3 is 7.48 Å².